The summed E-state index contributed by atoms with van der Waals surface area (Å²) in [6.07, 6.45) is 2.42. The van der Waals surface area contributed by atoms with Gasteiger partial charge in [0, 0.05) is 18.6 Å². The second kappa shape index (κ2) is 4.71. The van der Waals surface area contributed by atoms with Gasteiger partial charge in [0.05, 0.1) is 0 Å². The van der Waals surface area contributed by atoms with Crippen LogP contribution < -0.4 is 5.73 Å². The molecule has 0 radical (unpaired) electrons. The summed E-state index contributed by atoms with van der Waals surface area (Å²) in [6.45, 7) is 0.762. The number of nitrogens with two attached hydrogens (primary N) is 1. The van der Waals surface area contributed by atoms with Gasteiger partial charge in [-0.05, 0) is 36.2 Å². The van der Waals surface area contributed by atoms with Gasteiger partial charge in [0.15, 0.2) is 0 Å². The zero-order chi connectivity index (χ0) is 12.5. The lowest BCUT2D eigenvalue weighted by molar-refractivity contribution is 0.249. The molecule has 1 fully saturated rings. The van der Waals surface area contributed by atoms with Crippen molar-refractivity contribution in [2.75, 3.05) is 13.6 Å². The Morgan fingerprint density at radius 1 is 1.11 bits per heavy atom. The quantitative estimate of drug-likeness (QED) is 0.874. The van der Waals surface area contributed by atoms with Gasteiger partial charge in [-0.1, -0.05) is 42.5 Å². The lowest BCUT2D eigenvalue weighted by atomic mass is 9.97. The molecule has 1 heterocycles. The molecule has 0 amide bonds. The molecule has 0 aromatic heterocycles. The van der Waals surface area contributed by atoms with Crippen LogP contribution in [0.4, 0.5) is 0 Å². The fourth-order valence-electron chi connectivity index (χ4n) is 3.21. The third-order valence-corrected chi connectivity index (χ3v) is 4.30. The molecule has 2 aromatic rings. The average Bonchev–Trinajstić information content (AvgIpc) is 2.79. The highest BCUT2D eigenvalue weighted by Crippen LogP contribution is 2.37. The minimum atomic E-state index is 0.518. The van der Waals surface area contributed by atoms with Crippen molar-refractivity contribution >= 4 is 10.8 Å². The van der Waals surface area contributed by atoms with Crippen LogP contribution in [0.2, 0.25) is 0 Å². The molecule has 0 spiro atoms. The normalized spacial score (nSPS) is 24.8. The summed E-state index contributed by atoms with van der Waals surface area (Å²) in [7, 11) is 2.21. The maximum atomic E-state index is 5.84. The summed E-state index contributed by atoms with van der Waals surface area (Å²) >= 11 is 0. The molecule has 18 heavy (non-hydrogen) atoms. The van der Waals surface area contributed by atoms with Gasteiger partial charge in [0.2, 0.25) is 0 Å². The maximum Gasteiger partial charge on any atom is 0.0355 e. The van der Waals surface area contributed by atoms with Crippen LogP contribution in [0.15, 0.2) is 42.5 Å². The van der Waals surface area contributed by atoms with Crippen molar-refractivity contribution in [3.63, 3.8) is 0 Å². The number of fused-ring (bicyclic) bond motifs is 1. The Labute approximate surface area is 108 Å². The number of likely N-dealkylation sites (tertiary alicyclic amines) is 1. The van der Waals surface area contributed by atoms with Crippen molar-refractivity contribution in [1.29, 1.82) is 0 Å². The summed E-state index contributed by atoms with van der Waals surface area (Å²) in [5, 5.41) is 2.72. The van der Waals surface area contributed by atoms with Crippen molar-refractivity contribution in [3.05, 3.63) is 48.0 Å². The molecule has 2 aromatic carbocycles. The van der Waals surface area contributed by atoms with Crippen LogP contribution in [0.3, 0.4) is 0 Å². The fraction of sp³-hybridized carbons (Fsp3) is 0.375. The van der Waals surface area contributed by atoms with Crippen molar-refractivity contribution in [2.24, 2.45) is 5.73 Å². The van der Waals surface area contributed by atoms with E-state index in [2.05, 4.69) is 54.4 Å². The Morgan fingerprint density at radius 3 is 2.67 bits per heavy atom. The molecule has 1 aliphatic rings. The van der Waals surface area contributed by atoms with Crippen LogP contribution in [0.25, 0.3) is 10.8 Å². The number of benzene rings is 2. The first-order valence-electron chi connectivity index (χ1n) is 6.71. The molecule has 1 saturated heterocycles. The van der Waals surface area contributed by atoms with E-state index in [1.54, 1.807) is 0 Å². The lowest BCUT2D eigenvalue weighted by Gasteiger charge is -2.26. The molecule has 2 heteroatoms. The molecule has 94 valence electrons. The van der Waals surface area contributed by atoms with E-state index in [4.69, 9.17) is 5.73 Å². The van der Waals surface area contributed by atoms with Crippen molar-refractivity contribution < 1.29 is 0 Å². The summed E-state index contributed by atoms with van der Waals surface area (Å²) < 4.78 is 0. The first kappa shape index (κ1) is 11.7. The van der Waals surface area contributed by atoms with E-state index in [0.29, 0.717) is 12.1 Å². The monoisotopic (exact) mass is 240 g/mol. The number of hydrogen-bond donors (Lipinski definition) is 1. The van der Waals surface area contributed by atoms with Gasteiger partial charge in [0.1, 0.15) is 0 Å². The zero-order valence-corrected chi connectivity index (χ0v) is 10.8. The van der Waals surface area contributed by atoms with Gasteiger partial charge in [-0.2, -0.15) is 0 Å². The number of hydrogen-bond acceptors (Lipinski definition) is 2. The Hall–Kier alpha value is -1.38. The van der Waals surface area contributed by atoms with Crippen LogP contribution >= 0.6 is 0 Å². The van der Waals surface area contributed by atoms with E-state index >= 15 is 0 Å². The van der Waals surface area contributed by atoms with E-state index in [1.165, 1.54) is 29.2 Å². The molecule has 2 N–H and O–H groups in total. The van der Waals surface area contributed by atoms with Gasteiger partial charge in [-0.3, -0.25) is 4.90 Å². The SMILES string of the molecule is CN1[C@H](CN)CC[C@@H]1c1cccc2ccccc12. The van der Waals surface area contributed by atoms with Crippen molar-refractivity contribution in [3.8, 4) is 0 Å². The average molecular weight is 240 g/mol. The summed E-state index contributed by atoms with van der Waals surface area (Å²) in [6, 6.07) is 16.3. The third kappa shape index (κ3) is 1.82. The highest BCUT2D eigenvalue weighted by Gasteiger charge is 2.31. The Morgan fingerprint density at radius 2 is 1.89 bits per heavy atom. The topological polar surface area (TPSA) is 29.3 Å². The minimum absolute atomic E-state index is 0.518. The Kier molecular flexibility index (Phi) is 3.06. The van der Waals surface area contributed by atoms with Gasteiger partial charge in [-0.15, -0.1) is 0 Å². The second-order valence-electron chi connectivity index (χ2n) is 5.22. The largest absolute Gasteiger partial charge is 0.329 e. The standard InChI is InChI=1S/C16H20N2/c1-18-13(11-17)9-10-16(18)15-8-4-6-12-5-2-3-7-14(12)15/h2-8,13,16H,9-11,17H2,1H3/t13-,16+/m0/s1. The van der Waals surface area contributed by atoms with Gasteiger partial charge in [0.25, 0.3) is 0 Å². The number of rotatable bonds is 2. The predicted molar refractivity (Wildman–Crippen MR) is 76.5 cm³/mol. The lowest BCUT2D eigenvalue weighted by Crippen LogP contribution is -2.33. The van der Waals surface area contributed by atoms with E-state index in [0.717, 1.165) is 6.54 Å². The Bertz CT molecular complexity index is 544. The van der Waals surface area contributed by atoms with E-state index in [-0.39, 0.29) is 0 Å². The summed E-state index contributed by atoms with van der Waals surface area (Å²) in [4.78, 5) is 2.45. The van der Waals surface area contributed by atoms with E-state index in [9.17, 15) is 0 Å². The molecule has 0 aliphatic carbocycles. The zero-order valence-electron chi connectivity index (χ0n) is 10.8. The van der Waals surface area contributed by atoms with Gasteiger partial charge >= 0.3 is 0 Å². The van der Waals surface area contributed by atoms with Crippen LogP contribution in [0.1, 0.15) is 24.4 Å². The molecular formula is C16H20N2. The summed E-state index contributed by atoms with van der Waals surface area (Å²) in [5.74, 6) is 0. The second-order valence-corrected chi connectivity index (χ2v) is 5.22. The smallest absolute Gasteiger partial charge is 0.0355 e. The molecule has 1 aliphatic heterocycles. The van der Waals surface area contributed by atoms with Crippen molar-refractivity contribution in [1.82, 2.24) is 4.90 Å². The highest BCUT2D eigenvalue weighted by molar-refractivity contribution is 5.86. The molecule has 2 nitrogen and oxygen atoms in total. The van der Waals surface area contributed by atoms with Gasteiger partial charge in [-0.25, -0.2) is 0 Å². The maximum absolute atomic E-state index is 5.84. The van der Waals surface area contributed by atoms with Crippen LogP contribution in [-0.4, -0.2) is 24.5 Å². The molecular weight excluding hydrogens is 220 g/mol. The van der Waals surface area contributed by atoms with Crippen LogP contribution in [0, 0.1) is 0 Å². The Balaban J connectivity index is 2.05. The number of likely N-dealkylation sites (N-methyl/N-ethyl adjacent to an activating group) is 1. The molecule has 2 atom stereocenters. The predicted octanol–water partition coefficient (Wildman–Crippen LogP) is 2.93. The van der Waals surface area contributed by atoms with Crippen molar-refractivity contribution in [2.45, 2.75) is 24.9 Å². The molecule has 0 bridgehead atoms. The summed E-state index contributed by atoms with van der Waals surface area (Å²) in [5.41, 5.74) is 7.29. The fourth-order valence-corrected chi connectivity index (χ4v) is 3.21. The third-order valence-electron chi connectivity index (χ3n) is 4.30. The molecule has 0 unspecified atom stereocenters. The first-order valence-corrected chi connectivity index (χ1v) is 6.71. The van der Waals surface area contributed by atoms with Gasteiger partial charge < -0.3 is 5.73 Å². The van der Waals surface area contributed by atoms with E-state index in [1.807, 2.05) is 0 Å². The van der Waals surface area contributed by atoms with Crippen LogP contribution in [0.5, 0.6) is 0 Å². The van der Waals surface area contributed by atoms with E-state index < -0.39 is 0 Å². The highest BCUT2D eigenvalue weighted by atomic mass is 15.2. The number of nitrogens with zero attached hydrogens (tertiary/aromatic N) is 1. The molecule has 0 saturated carbocycles. The minimum Gasteiger partial charge on any atom is -0.329 e. The van der Waals surface area contributed by atoms with Crippen LogP contribution in [-0.2, 0) is 0 Å². The first-order chi connectivity index (χ1) is 8.81. The molecule has 3 rings (SSSR count).